The molecule has 0 aromatic carbocycles. The van der Waals surface area contributed by atoms with Gasteiger partial charge in [-0.3, -0.25) is 9.59 Å². The number of aliphatic carboxylic acids is 1. The Bertz CT molecular complexity index is 828. The third-order valence-corrected chi connectivity index (χ3v) is 11.0. The predicted octanol–water partition coefficient (Wildman–Crippen LogP) is 3.04. The Balaban J connectivity index is 1.79. The summed E-state index contributed by atoms with van der Waals surface area (Å²) in [5, 5.41) is 45.1. The zero-order chi connectivity index (χ0) is 21.9. The van der Waals surface area contributed by atoms with Crippen LogP contribution in [0, 0.1) is 22.7 Å². The molecule has 0 unspecified atom stereocenters. The molecule has 4 N–H and O–H groups in total. The molecule has 0 spiro atoms. The maximum atomic E-state index is 12.1. The van der Waals surface area contributed by atoms with Crippen molar-refractivity contribution in [3.63, 3.8) is 0 Å². The summed E-state index contributed by atoms with van der Waals surface area (Å²) in [4.78, 5) is 23.3. The number of allylic oxidation sites excluding steroid dienone is 1. The monoisotopic (exact) mass is 483 g/mol. The molecule has 7 nitrogen and oxygen atoms in total. The molecule has 0 aliphatic heterocycles. The predicted molar refractivity (Wildman–Crippen MR) is 113 cm³/mol. The zero-order valence-electron chi connectivity index (χ0n) is 17.2. The number of hydrogen-bond donors (Lipinski definition) is 4. The van der Waals surface area contributed by atoms with Crippen LogP contribution in [0.5, 0.6) is 0 Å². The summed E-state index contributed by atoms with van der Waals surface area (Å²) in [6.45, 7) is 2.12. The molecule has 4 rings (SSSR count). The van der Waals surface area contributed by atoms with Gasteiger partial charge < -0.3 is 20.5 Å². The second kappa shape index (κ2) is 7.14. The fourth-order valence-corrected chi connectivity index (χ4v) is 8.59. The molecule has 8 heteroatoms. The Labute approximate surface area is 184 Å². The van der Waals surface area contributed by atoms with Crippen molar-refractivity contribution in [1.29, 1.82) is 0 Å². The minimum absolute atomic E-state index is 0.00606. The van der Waals surface area contributed by atoms with E-state index < -0.39 is 27.4 Å². The average molecular weight is 484 g/mol. The summed E-state index contributed by atoms with van der Waals surface area (Å²) in [5.41, 5.74) is -1.64. The number of hydrogen-bond acceptors (Lipinski definition) is 6. The number of carbonyl (C=O) groups is 2. The van der Waals surface area contributed by atoms with Gasteiger partial charge in [0, 0.05) is 23.7 Å². The van der Waals surface area contributed by atoms with Crippen LogP contribution >= 0.6 is 15.9 Å². The highest BCUT2D eigenvalue weighted by Crippen LogP contribution is 2.71. The van der Waals surface area contributed by atoms with Crippen molar-refractivity contribution in [3.05, 3.63) is 11.6 Å². The van der Waals surface area contributed by atoms with Gasteiger partial charge in [-0.1, -0.05) is 28.4 Å². The Hall–Kier alpha value is -1.25. The molecule has 0 amide bonds. The van der Waals surface area contributed by atoms with Crippen LogP contribution in [-0.4, -0.2) is 54.5 Å². The van der Waals surface area contributed by atoms with Gasteiger partial charge in [0.1, 0.15) is 0 Å². The van der Waals surface area contributed by atoms with Crippen LogP contribution < -0.4 is 0 Å². The molecule has 166 valence electrons. The van der Waals surface area contributed by atoms with E-state index in [0.717, 1.165) is 18.4 Å². The number of aliphatic hydroxyl groups excluding tert-OH is 1. The van der Waals surface area contributed by atoms with Gasteiger partial charge in [-0.2, -0.15) is 0 Å². The number of oxime groups is 1. The van der Waals surface area contributed by atoms with Gasteiger partial charge >= 0.3 is 5.97 Å². The van der Waals surface area contributed by atoms with E-state index in [0.29, 0.717) is 25.7 Å². The molecule has 0 aromatic heterocycles. The smallest absolute Gasteiger partial charge is 0.303 e. The fourth-order valence-electron chi connectivity index (χ4n) is 7.43. The lowest BCUT2D eigenvalue weighted by Crippen LogP contribution is -2.68. The van der Waals surface area contributed by atoms with Crippen LogP contribution in [-0.2, 0) is 9.59 Å². The molecule has 4 aliphatic rings. The van der Waals surface area contributed by atoms with Crippen LogP contribution in [0.1, 0.15) is 64.7 Å². The number of carbonyl (C=O) groups excluding carboxylic acids is 1. The van der Waals surface area contributed by atoms with E-state index in [1.54, 1.807) is 6.08 Å². The van der Waals surface area contributed by atoms with Crippen molar-refractivity contribution in [2.45, 2.75) is 80.7 Å². The number of carboxylic acids is 1. The maximum absolute atomic E-state index is 12.1. The largest absolute Gasteiger partial charge is 0.481 e. The maximum Gasteiger partial charge on any atom is 0.303 e. The number of halogens is 1. The first kappa shape index (κ1) is 22.0. The molecule has 0 bridgehead atoms. The Morgan fingerprint density at radius 2 is 2.03 bits per heavy atom. The van der Waals surface area contributed by atoms with E-state index >= 15 is 0 Å². The van der Waals surface area contributed by atoms with Gasteiger partial charge in [0.2, 0.25) is 0 Å². The molecule has 0 saturated heterocycles. The molecule has 30 heavy (non-hydrogen) atoms. The lowest BCUT2D eigenvalue weighted by molar-refractivity contribution is -0.146. The van der Waals surface area contributed by atoms with Crippen molar-refractivity contribution in [2.75, 3.05) is 0 Å². The lowest BCUT2D eigenvalue weighted by atomic mass is 9.45. The quantitative estimate of drug-likeness (QED) is 0.210. The topological polar surface area (TPSA) is 127 Å². The van der Waals surface area contributed by atoms with E-state index in [1.165, 1.54) is 6.21 Å². The summed E-state index contributed by atoms with van der Waals surface area (Å²) >= 11 is 3.98. The van der Waals surface area contributed by atoms with Crippen molar-refractivity contribution in [2.24, 2.45) is 27.8 Å². The molecule has 0 radical (unpaired) electrons. The third kappa shape index (κ3) is 2.72. The SMILES string of the molecule is C[C@]12CCC(=O)C=C1CC[C@H]1[C@@H]3CC[C@@](O)(CCC(=O)O)[C@@]3(C=NO)C[C@H](O)[C@@]12Br. The number of aliphatic hydroxyl groups is 2. The molecule has 3 fully saturated rings. The number of fused-ring (bicyclic) bond motifs is 5. The number of ketones is 1. The van der Waals surface area contributed by atoms with Gasteiger partial charge in [0.15, 0.2) is 5.78 Å². The molecule has 7 atom stereocenters. The highest BCUT2D eigenvalue weighted by Gasteiger charge is 2.72. The van der Waals surface area contributed by atoms with Crippen LogP contribution in [0.2, 0.25) is 0 Å². The molecule has 0 aromatic rings. The van der Waals surface area contributed by atoms with E-state index in [1.807, 2.05) is 0 Å². The van der Waals surface area contributed by atoms with Gasteiger partial charge in [-0.05, 0) is 62.9 Å². The highest BCUT2D eigenvalue weighted by molar-refractivity contribution is 9.10. The highest BCUT2D eigenvalue weighted by atomic mass is 79.9. The Morgan fingerprint density at radius 1 is 1.30 bits per heavy atom. The van der Waals surface area contributed by atoms with E-state index in [4.69, 9.17) is 0 Å². The summed E-state index contributed by atoms with van der Waals surface area (Å²) in [6, 6.07) is 0. The van der Waals surface area contributed by atoms with Crippen LogP contribution in [0.15, 0.2) is 16.8 Å². The average Bonchev–Trinajstić information content (AvgIpc) is 2.95. The Morgan fingerprint density at radius 3 is 2.70 bits per heavy atom. The minimum Gasteiger partial charge on any atom is -0.481 e. The fraction of sp³-hybridized carbons (Fsp3) is 0.773. The first-order chi connectivity index (χ1) is 14.0. The lowest BCUT2D eigenvalue weighted by Gasteiger charge is -2.65. The molecular weight excluding hydrogens is 454 g/mol. The third-order valence-electron chi connectivity index (χ3n) is 8.96. The molecule has 3 saturated carbocycles. The summed E-state index contributed by atoms with van der Waals surface area (Å²) in [7, 11) is 0. The summed E-state index contributed by atoms with van der Waals surface area (Å²) in [6.07, 6.45) is 5.99. The van der Waals surface area contributed by atoms with Gasteiger partial charge in [0.25, 0.3) is 0 Å². The standard InChI is InChI=1S/C22H30BrNO6/c1-19-7-4-14(25)10-13(19)2-3-16-15-5-8-21(29,9-6-18(27)28)20(15,12-24-30)11-17(26)22(16,19)23/h10,12,15-17,26,29-30H,2-9,11H2,1H3,(H,27,28)/t15-,16-,17-,19-,20+,21+,22-/m0/s1. The normalized spacial score (nSPS) is 48.1. The van der Waals surface area contributed by atoms with Crippen molar-refractivity contribution in [3.8, 4) is 0 Å². The van der Waals surface area contributed by atoms with Crippen LogP contribution in [0.4, 0.5) is 0 Å². The second-order valence-electron chi connectivity index (χ2n) is 9.96. The Kier molecular flexibility index (Phi) is 5.22. The van der Waals surface area contributed by atoms with Crippen molar-refractivity contribution in [1.82, 2.24) is 0 Å². The van der Waals surface area contributed by atoms with Crippen molar-refractivity contribution >= 4 is 33.9 Å². The molecule has 0 heterocycles. The number of rotatable bonds is 4. The second-order valence-corrected chi connectivity index (χ2v) is 11.3. The number of nitrogens with zero attached hydrogens (tertiary/aromatic N) is 1. The van der Waals surface area contributed by atoms with E-state index in [-0.39, 0.29) is 42.3 Å². The van der Waals surface area contributed by atoms with Gasteiger partial charge in [-0.15, -0.1) is 5.16 Å². The first-order valence-electron chi connectivity index (χ1n) is 10.8. The van der Waals surface area contributed by atoms with E-state index in [9.17, 15) is 30.1 Å². The number of carboxylic acid groups (broad SMARTS) is 1. The van der Waals surface area contributed by atoms with Crippen LogP contribution in [0.25, 0.3) is 0 Å². The van der Waals surface area contributed by atoms with Gasteiger partial charge in [0.05, 0.1) is 22.2 Å². The first-order valence-corrected chi connectivity index (χ1v) is 11.6. The van der Waals surface area contributed by atoms with E-state index in [2.05, 4.69) is 28.0 Å². The minimum atomic E-state index is -1.35. The molecule has 4 aliphatic carbocycles. The van der Waals surface area contributed by atoms with Crippen molar-refractivity contribution < 1.29 is 30.1 Å². The summed E-state index contributed by atoms with van der Waals surface area (Å²) in [5.74, 6) is -0.923. The van der Waals surface area contributed by atoms with Gasteiger partial charge in [-0.25, -0.2) is 0 Å². The number of alkyl halides is 1. The summed E-state index contributed by atoms with van der Waals surface area (Å²) < 4.78 is -0.652. The molecular formula is C22H30BrNO6. The van der Waals surface area contributed by atoms with Crippen LogP contribution in [0.3, 0.4) is 0 Å². The zero-order valence-corrected chi connectivity index (χ0v) is 18.8.